The van der Waals surface area contributed by atoms with Gasteiger partial charge in [-0.25, -0.2) is 19.3 Å². The van der Waals surface area contributed by atoms with Gasteiger partial charge in [0.15, 0.2) is 11.6 Å². The van der Waals surface area contributed by atoms with Gasteiger partial charge < -0.3 is 4.90 Å². The van der Waals surface area contributed by atoms with E-state index in [9.17, 15) is 9.18 Å². The van der Waals surface area contributed by atoms with E-state index in [1.165, 1.54) is 6.33 Å². The van der Waals surface area contributed by atoms with E-state index in [0.29, 0.717) is 35.8 Å². The van der Waals surface area contributed by atoms with E-state index in [4.69, 9.17) is 0 Å². The molecule has 0 spiro atoms. The molecule has 4 rings (SSSR count). The van der Waals surface area contributed by atoms with E-state index in [0.717, 1.165) is 37.3 Å². The summed E-state index contributed by atoms with van der Waals surface area (Å²) in [6.45, 7) is 5.85. The Hall–Kier alpha value is -2.83. The lowest BCUT2D eigenvalue weighted by Crippen LogP contribution is -2.38. The highest BCUT2D eigenvalue weighted by molar-refractivity contribution is 5.77. The van der Waals surface area contributed by atoms with Crippen LogP contribution in [0, 0.1) is 18.7 Å². The van der Waals surface area contributed by atoms with Gasteiger partial charge in [0.1, 0.15) is 12.2 Å². The van der Waals surface area contributed by atoms with Crippen molar-refractivity contribution in [1.82, 2.24) is 19.5 Å². The zero-order valence-electron chi connectivity index (χ0n) is 16.2. The largest absolute Gasteiger partial charge is 0.354 e. The number of hydrogen-bond acceptors (Lipinski definition) is 5. The molecule has 2 aromatic heterocycles. The van der Waals surface area contributed by atoms with Crippen molar-refractivity contribution in [2.75, 3.05) is 18.0 Å². The summed E-state index contributed by atoms with van der Waals surface area (Å²) >= 11 is 0. The molecule has 0 aliphatic carbocycles. The summed E-state index contributed by atoms with van der Waals surface area (Å²) in [5.41, 5.74) is 1.21. The lowest BCUT2D eigenvalue weighted by molar-refractivity contribution is 0.346. The second-order valence-electron chi connectivity index (χ2n) is 7.33. The quantitative estimate of drug-likeness (QED) is 0.695. The van der Waals surface area contributed by atoms with Crippen LogP contribution in [0.4, 0.5) is 10.2 Å². The molecule has 0 atom stereocenters. The van der Waals surface area contributed by atoms with Crippen molar-refractivity contribution in [2.45, 2.75) is 39.7 Å². The number of piperidine rings is 1. The number of rotatable bonds is 4. The molecule has 1 aromatic carbocycles. The van der Waals surface area contributed by atoms with Gasteiger partial charge in [-0.15, -0.1) is 0 Å². The summed E-state index contributed by atoms with van der Waals surface area (Å²) < 4.78 is 16.3. The molecule has 1 aliphatic rings. The molecule has 0 bridgehead atoms. The number of fused-ring (bicyclic) bond motifs is 1. The second kappa shape index (κ2) is 7.66. The summed E-state index contributed by atoms with van der Waals surface area (Å²) in [4.78, 5) is 27.6. The molecule has 0 N–H and O–H groups in total. The highest BCUT2D eigenvalue weighted by Crippen LogP contribution is 2.26. The predicted molar refractivity (Wildman–Crippen MR) is 107 cm³/mol. The summed E-state index contributed by atoms with van der Waals surface area (Å²) in [5, 5.41) is 0.653. The van der Waals surface area contributed by atoms with Gasteiger partial charge in [0.05, 0.1) is 16.6 Å². The average Bonchev–Trinajstić information content (AvgIpc) is 2.72. The first-order chi connectivity index (χ1) is 13.6. The van der Waals surface area contributed by atoms with E-state index in [-0.39, 0.29) is 11.4 Å². The number of aryl methyl sites for hydroxylation is 2. The van der Waals surface area contributed by atoms with Crippen LogP contribution >= 0.6 is 0 Å². The third kappa shape index (κ3) is 3.37. The SMILES string of the molecule is CCc1ncnc(N2CCC(Cn3c(C)nc4ccccc4c3=O)CC2)c1F. The molecule has 146 valence electrons. The number of para-hydroxylation sites is 1. The molecule has 0 unspecified atom stereocenters. The van der Waals surface area contributed by atoms with Crippen molar-refractivity contribution in [1.29, 1.82) is 0 Å². The van der Waals surface area contributed by atoms with Gasteiger partial charge in [0, 0.05) is 19.6 Å². The zero-order chi connectivity index (χ0) is 19.7. The Kier molecular flexibility index (Phi) is 5.07. The van der Waals surface area contributed by atoms with Crippen molar-refractivity contribution in [3.63, 3.8) is 0 Å². The maximum Gasteiger partial charge on any atom is 0.261 e. The van der Waals surface area contributed by atoms with Gasteiger partial charge >= 0.3 is 0 Å². The lowest BCUT2D eigenvalue weighted by atomic mass is 9.96. The Morgan fingerprint density at radius 2 is 1.93 bits per heavy atom. The van der Waals surface area contributed by atoms with Gasteiger partial charge in [-0.2, -0.15) is 0 Å². The fourth-order valence-electron chi connectivity index (χ4n) is 3.94. The fourth-order valence-corrected chi connectivity index (χ4v) is 3.94. The third-order valence-corrected chi connectivity index (χ3v) is 5.59. The number of hydrogen-bond donors (Lipinski definition) is 0. The lowest BCUT2D eigenvalue weighted by Gasteiger charge is -2.33. The number of anilines is 1. The van der Waals surface area contributed by atoms with Gasteiger partial charge in [-0.1, -0.05) is 19.1 Å². The molecular formula is C21H24FN5O. The van der Waals surface area contributed by atoms with Crippen molar-refractivity contribution in [3.8, 4) is 0 Å². The Balaban J connectivity index is 1.50. The molecule has 7 heteroatoms. The Morgan fingerprint density at radius 3 is 2.68 bits per heavy atom. The summed E-state index contributed by atoms with van der Waals surface area (Å²) in [6.07, 6.45) is 3.75. The molecule has 0 amide bonds. The van der Waals surface area contributed by atoms with Crippen molar-refractivity contribution >= 4 is 16.7 Å². The van der Waals surface area contributed by atoms with Crippen LogP contribution in [0.1, 0.15) is 31.3 Å². The summed E-state index contributed by atoms with van der Waals surface area (Å²) in [6, 6.07) is 7.45. The molecule has 1 fully saturated rings. The van der Waals surface area contributed by atoms with E-state index in [1.54, 1.807) is 4.57 Å². The van der Waals surface area contributed by atoms with E-state index in [1.807, 2.05) is 43.0 Å². The topological polar surface area (TPSA) is 63.9 Å². The number of halogens is 1. The minimum atomic E-state index is -0.311. The third-order valence-electron chi connectivity index (χ3n) is 5.59. The molecule has 0 radical (unpaired) electrons. The maximum atomic E-state index is 14.5. The number of benzene rings is 1. The first kappa shape index (κ1) is 18.5. The van der Waals surface area contributed by atoms with Crippen molar-refractivity contribution < 1.29 is 4.39 Å². The van der Waals surface area contributed by atoms with E-state index in [2.05, 4.69) is 15.0 Å². The van der Waals surface area contributed by atoms with Crippen LogP contribution in [-0.2, 0) is 13.0 Å². The minimum Gasteiger partial charge on any atom is -0.354 e. The highest BCUT2D eigenvalue weighted by Gasteiger charge is 2.24. The van der Waals surface area contributed by atoms with Gasteiger partial charge in [0.25, 0.3) is 5.56 Å². The Bertz CT molecular complexity index is 1060. The van der Waals surface area contributed by atoms with Crippen LogP contribution in [0.25, 0.3) is 10.9 Å². The Morgan fingerprint density at radius 1 is 1.18 bits per heavy atom. The molecule has 1 aliphatic heterocycles. The molecule has 6 nitrogen and oxygen atoms in total. The molecular weight excluding hydrogens is 357 g/mol. The molecule has 1 saturated heterocycles. The average molecular weight is 381 g/mol. The maximum absolute atomic E-state index is 14.5. The standard InChI is InChI=1S/C21H24FN5O/c1-3-17-19(22)20(24-13-23-17)26-10-8-15(9-11-26)12-27-14(2)25-18-7-5-4-6-16(18)21(27)28/h4-7,13,15H,3,8-12H2,1-2H3. The Labute approximate surface area is 163 Å². The smallest absolute Gasteiger partial charge is 0.261 e. The second-order valence-corrected chi connectivity index (χ2v) is 7.33. The summed E-state index contributed by atoms with van der Waals surface area (Å²) in [7, 11) is 0. The zero-order valence-corrected chi connectivity index (χ0v) is 16.2. The highest BCUT2D eigenvalue weighted by atomic mass is 19.1. The number of aromatic nitrogens is 4. The number of nitrogens with zero attached hydrogens (tertiary/aromatic N) is 5. The minimum absolute atomic E-state index is 0.0139. The first-order valence-corrected chi connectivity index (χ1v) is 9.79. The first-order valence-electron chi connectivity index (χ1n) is 9.79. The van der Waals surface area contributed by atoms with Gasteiger partial charge in [-0.3, -0.25) is 9.36 Å². The van der Waals surface area contributed by atoms with Gasteiger partial charge in [0.2, 0.25) is 0 Å². The van der Waals surface area contributed by atoms with Gasteiger partial charge in [-0.05, 0) is 44.2 Å². The van der Waals surface area contributed by atoms with Crippen molar-refractivity contribution in [2.24, 2.45) is 5.92 Å². The summed E-state index contributed by atoms with van der Waals surface area (Å²) in [5.74, 6) is 1.17. The molecule has 3 aromatic rings. The van der Waals surface area contributed by atoms with Crippen molar-refractivity contribution in [3.05, 3.63) is 58.3 Å². The van der Waals surface area contributed by atoms with E-state index >= 15 is 0 Å². The van der Waals surface area contributed by atoms with Crippen LogP contribution in [0.15, 0.2) is 35.4 Å². The normalized spacial score (nSPS) is 15.3. The monoisotopic (exact) mass is 381 g/mol. The fraction of sp³-hybridized carbons (Fsp3) is 0.429. The molecule has 0 saturated carbocycles. The van der Waals surface area contributed by atoms with Crippen LogP contribution in [-0.4, -0.2) is 32.6 Å². The predicted octanol–water partition coefficient (Wildman–Crippen LogP) is 3.11. The van der Waals surface area contributed by atoms with Crippen LogP contribution in [0.5, 0.6) is 0 Å². The molecule has 28 heavy (non-hydrogen) atoms. The molecule has 3 heterocycles. The van der Waals surface area contributed by atoms with Crippen LogP contribution in [0.3, 0.4) is 0 Å². The van der Waals surface area contributed by atoms with Crippen LogP contribution in [0.2, 0.25) is 0 Å². The van der Waals surface area contributed by atoms with E-state index < -0.39 is 0 Å². The van der Waals surface area contributed by atoms with Crippen LogP contribution < -0.4 is 10.5 Å².